The van der Waals surface area contributed by atoms with Crippen molar-refractivity contribution in [3.05, 3.63) is 28.8 Å². The highest BCUT2D eigenvalue weighted by atomic mass is 35.5. The lowest BCUT2D eigenvalue weighted by Gasteiger charge is -2.16. The smallest absolute Gasteiger partial charge is 0.340 e. The Morgan fingerprint density at radius 2 is 2.18 bits per heavy atom. The molecule has 0 unspecified atom stereocenters. The summed E-state index contributed by atoms with van der Waals surface area (Å²) in [4.78, 5) is 11.7. The summed E-state index contributed by atoms with van der Waals surface area (Å²) in [5.74, 6) is -0.533. The number of nitrogen functional groups attached to an aromatic ring is 1. The zero-order valence-corrected chi connectivity index (χ0v) is 10.6. The van der Waals surface area contributed by atoms with E-state index in [0.717, 1.165) is 0 Å². The maximum absolute atomic E-state index is 11.7. The summed E-state index contributed by atoms with van der Waals surface area (Å²) in [5.41, 5.74) is 5.25. The largest absolute Gasteiger partial charge is 0.462 e. The van der Waals surface area contributed by atoms with Crippen molar-refractivity contribution in [2.24, 2.45) is 0 Å². The molecule has 17 heavy (non-hydrogen) atoms. The van der Waals surface area contributed by atoms with Gasteiger partial charge in [-0.3, -0.25) is 0 Å². The molecule has 0 aromatic heterocycles. The fourth-order valence-corrected chi connectivity index (χ4v) is 1.36. The van der Waals surface area contributed by atoms with E-state index >= 15 is 0 Å². The van der Waals surface area contributed by atoms with E-state index in [1.165, 1.54) is 0 Å². The van der Waals surface area contributed by atoms with Gasteiger partial charge in [0, 0.05) is 6.42 Å². The van der Waals surface area contributed by atoms with Crippen LogP contribution in [-0.2, 0) is 4.74 Å². The van der Waals surface area contributed by atoms with E-state index in [1.54, 1.807) is 32.0 Å². The molecule has 0 aliphatic heterocycles. The number of ether oxygens (including phenoxy) is 1. The van der Waals surface area contributed by atoms with Gasteiger partial charge in [0.15, 0.2) is 0 Å². The third-order valence-corrected chi connectivity index (χ3v) is 2.55. The first kappa shape index (κ1) is 13.8. The Kier molecular flexibility index (Phi) is 4.37. The van der Waals surface area contributed by atoms with Crippen LogP contribution in [0.3, 0.4) is 0 Å². The number of aliphatic hydroxyl groups is 1. The first-order valence-electron chi connectivity index (χ1n) is 5.25. The third-order valence-electron chi connectivity index (χ3n) is 2.22. The summed E-state index contributed by atoms with van der Waals surface area (Å²) in [6, 6.07) is 4.78. The summed E-state index contributed by atoms with van der Waals surface area (Å²) in [7, 11) is 0. The maximum atomic E-state index is 11.7. The lowest BCUT2D eigenvalue weighted by atomic mass is 10.1. The van der Waals surface area contributed by atoms with Crippen molar-refractivity contribution in [2.45, 2.75) is 25.9 Å². The number of rotatable bonds is 4. The quantitative estimate of drug-likeness (QED) is 0.641. The number of anilines is 1. The Hall–Kier alpha value is -1.26. The molecule has 0 saturated heterocycles. The number of carbonyl (C=O) groups is 1. The first-order valence-corrected chi connectivity index (χ1v) is 5.62. The molecule has 5 heteroatoms. The van der Waals surface area contributed by atoms with Crippen LogP contribution in [0.4, 0.5) is 5.69 Å². The molecule has 1 aromatic carbocycles. The molecule has 1 aromatic rings. The number of para-hydroxylation sites is 1. The van der Waals surface area contributed by atoms with Gasteiger partial charge in [0.25, 0.3) is 0 Å². The molecule has 0 amide bonds. The molecule has 0 aliphatic rings. The van der Waals surface area contributed by atoms with Crippen LogP contribution >= 0.6 is 11.6 Å². The van der Waals surface area contributed by atoms with Crippen molar-refractivity contribution < 1.29 is 14.6 Å². The maximum Gasteiger partial charge on any atom is 0.340 e. The van der Waals surface area contributed by atoms with E-state index in [4.69, 9.17) is 22.1 Å². The second-order valence-corrected chi connectivity index (χ2v) is 4.81. The third kappa shape index (κ3) is 4.24. The molecule has 0 bridgehead atoms. The van der Waals surface area contributed by atoms with E-state index < -0.39 is 11.6 Å². The van der Waals surface area contributed by atoms with Gasteiger partial charge in [0.2, 0.25) is 0 Å². The highest BCUT2D eigenvalue weighted by Gasteiger charge is 2.16. The van der Waals surface area contributed by atoms with Gasteiger partial charge in [0.05, 0.1) is 28.5 Å². The van der Waals surface area contributed by atoms with Gasteiger partial charge in [0.1, 0.15) is 0 Å². The number of halogens is 1. The summed E-state index contributed by atoms with van der Waals surface area (Å²) in [6.07, 6.45) is 0.360. The van der Waals surface area contributed by atoms with Gasteiger partial charge in [-0.15, -0.1) is 0 Å². The molecule has 0 aliphatic carbocycles. The van der Waals surface area contributed by atoms with Crippen LogP contribution in [0.1, 0.15) is 30.6 Å². The molecule has 0 fully saturated rings. The Bertz CT molecular complexity index is 413. The minimum Gasteiger partial charge on any atom is -0.462 e. The van der Waals surface area contributed by atoms with Crippen LogP contribution in [-0.4, -0.2) is 23.3 Å². The van der Waals surface area contributed by atoms with Gasteiger partial charge in [-0.1, -0.05) is 17.7 Å². The van der Waals surface area contributed by atoms with Crippen molar-refractivity contribution in [1.29, 1.82) is 0 Å². The van der Waals surface area contributed by atoms with Gasteiger partial charge in [-0.2, -0.15) is 0 Å². The van der Waals surface area contributed by atoms with Crippen LogP contribution in [0.2, 0.25) is 5.02 Å². The van der Waals surface area contributed by atoms with Crippen LogP contribution in [0.5, 0.6) is 0 Å². The molecule has 0 atom stereocenters. The minimum absolute atomic E-state index is 0.133. The van der Waals surface area contributed by atoms with Crippen molar-refractivity contribution in [3.63, 3.8) is 0 Å². The van der Waals surface area contributed by atoms with E-state index in [0.29, 0.717) is 11.4 Å². The van der Waals surface area contributed by atoms with Crippen LogP contribution in [0, 0.1) is 0 Å². The number of hydrogen-bond acceptors (Lipinski definition) is 4. The van der Waals surface area contributed by atoms with Gasteiger partial charge in [-0.25, -0.2) is 4.79 Å². The summed E-state index contributed by atoms with van der Waals surface area (Å²) in [5, 5.41) is 9.78. The predicted octanol–water partition coefficient (Wildman–Crippen LogP) is 2.24. The molecule has 3 N–H and O–H groups in total. The summed E-state index contributed by atoms with van der Waals surface area (Å²) in [6.45, 7) is 3.43. The molecule has 0 radical (unpaired) electrons. The highest BCUT2D eigenvalue weighted by molar-refractivity contribution is 6.33. The van der Waals surface area contributed by atoms with Gasteiger partial charge < -0.3 is 15.6 Å². The van der Waals surface area contributed by atoms with Gasteiger partial charge in [-0.05, 0) is 26.0 Å². The van der Waals surface area contributed by atoms with Crippen molar-refractivity contribution >= 4 is 23.3 Å². The van der Waals surface area contributed by atoms with Crippen LogP contribution in [0.15, 0.2) is 18.2 Å². The zero-order valence-electron chi connectivity index (χ0n) is 9.87. The summed E-state index contributed by atoms with van der Waals surface area (Å²) >= 11 is 5.79. The summed E-state index contributed by atoms with van der Waals surface area (Å²) < 4.78 is 5.00. The molecule has 0 heterocycles. The Balaban J connectivity index is 2.62. The van der Waals surface area contributed by atoms with Crippen molar-refractivity contribution in [3.8, 4) is 0 Å². The van der Waals surface area contributed by atoms with Gasteiger partial charge >= 0.3 is 5.97 Å². The number of hydrogen-bond donors (Lipinski definition) is 2. The van der Waals surface area contributed by atoms with E-state index in [2.05, 4.69) is 0 Å². The van der Waals surface area contributed by atoms with Crippen LogP contribution < -0.4 is 5.73 Å². The normalized spacial score (nSPS) is 11.3. The zero-order chi connectivity index (χ0) is 13.1. The van der Waals surface area contributed by atoms with Crippen molar-refractivity contribution in [2.75, 3.05) is 12.3 Å². The fourth-order valence-electron chi connectivity index (χ4n) is 1.19. The van der Waals surface area contributed by atoms with E-state index in [9.17, 15) is 9.90 Å². The number of esters is 1. The molecule has 1 rings (SSSR count). The molecule has 94 valence electrons. The highest BCUT2D eigenvalue weighted by Crippen LogP contribution is 2.23. The van der Waals surface area contributed by atoms with E-state index in [-0.39, 0.29) is 17.9 Å². The first-order chi connectivity index (χ1) is 7.81. The number of nitrogens with two attached hydrogens (primary N) is 1. The van der Waals surface area contributed by atoms with E-state index in [1.807, 2.05) is 0 Å². The topological polar surface area (TPSA) is 72.5 Å². The monoisotopic (exact) mass is 257 g/mol. The number of benzene rings is 1. The second kappa shape index (κ2) is 5.38. The predicted molar refractivity (Wildman–Crippen MR) is 67.1 cm³/mol. The molecular formula is C12H16ClNO3. The fraction of sp³-hybridized carbons (Fsp3) is 0.417. The molecular weight excluding hydrogens is 242 g/mol. The second-order valence-electron chi connectivity index (χ2n) is 4.40. The SMILES string of the molecule is CC(C)(O)CCOC(=O)c1cccc(Cl)c1N. The lowest BCUT2D eigenvalue weighted by molar-refractivity contribution is 0.0245. The average Bonchev–Trinajstić information content (AvgIpc) is 2.20. The molecule has 0 spiro atoms. The van der Waals surface area contributed by atoms with Crippen LogP contribution in [0.25, 0.3) is 0 Å². The lowest BCUT2D eigenvalue weighted by Crippen LogP contribution is -2.22. The Morgan fingerprint density at radius 3 is 2.76 bits per heavy atom. The Labute approximate surface area is 105 Å². The standard InChI is InChI=1S/C12H16ClNO3/c1-12(2,16)6-7-17-11(15)8-4-3-5-9(13)10(8)14/h3-5,16H,6-7,14H2,1-2H3. The molecule has 4 nitrogen and oxygen atoms in total. The average molecular weight is 258 g/mol. The Morgan fingerprint density at radius 1 is 1.53 bits per heavy atom. The molecule has 0 saturated carbocycles. The van der Waals surface area contributed by atoms with Crippen molar-refractivity contribution in [1.82, 2.24) is 0 Å². The number of carbonyl (C=O) groups excluding carboxylic acids is 1. The minimum atomic E-state index is -0.861.